The molecule has 2 rings (SSSR count). The van der Waals surface area contributed by atoms with Crippen molar-refractivity contribution >= 4 is 23.4 Å². The highest BCUT2D eigenvalue weighted by atomic mass is 35.5. The van der Waals surface area contributed by atoms with Crippen LogP contribution in [0, 0.1) is 0 Å². The lowest BCUT2D eigenvalue weighted by Crippen LogP contribution is -2.29. The van der Waals surface area contributed by atoms with E-state index in [1.165, 1.54) is 18.4 Å². The molecule has 0 heterocycles. The molecule has 1 aliphatic carbocycles. The zero-order chi connectivity index (χ0) is 15.9. The predicted octanol–water partition coefficient (Wildman–Crippen LogP) is 4.97. The minimum Gasteiger partial charge on any atom is -0.376 e. The Hall–Kier alpha value is -1.32. The SMILES string of the molecule is CCC(O/N=C1/CCCC/C1=C/c1ccccc1Cl)N(C)C. The van der Waals surface area contributed by atoms with Crippen molar-refractivity contribution in [3.8, 4) is 0 Å². The number of hydrogen-bond donors (Lipinski definition) is 0. The molecule has 0 amide bonds. The number of oxime groups is 1. The highest BCUT2D eigenvalue weighted by Gasteiger charge is 2.16. The fourth-order valence-corrected chi connectivity index (χ4v) is 2.80. The van der Waals surface area contributed by atoms with Gasteiger partial charge in [-0.1, -0.05) is 41.9 Å². The van der Waals surface area contributed by atoms with E-state index in [0.29, 0.717) is 0 Å². The molecule has 0 aliphatic heterocycles. The fraction of sp³-hybridized carbons (Fsp3) is 0.500. The van der Waals surface area contributed by atoms with Crippen molar-refractivity contribution in [2.45, 2.75) is 45.3 Å². The van der Waals surface area contributed by atoms with Gasteiger partial charge in [-0.05, 0) is 69.5 Å². The zero-order valence-electron chi connectivity index (χ0n) is 13.7. The van der Waals surface area contributed by atoms with Crippen LogP contribution in [0.4, 0.5) is 0 Å². The summed E-state index contributed by atoms with van der Waals surface area (Å²) in [7, 11) is 4.02. The molecule has 0 radical (unpaired) electrons. The lowest BCUT2D eigenvalue weighted by molar-refractivity contribution is -0.0357. The van der Waals surface area contributed by atoms with Crippen molar-refractivity contribution in [3.63, 3.8) is 0 Å². The Balaban J connectivity index is 2.19. The molecule has 0 saturated heterocycles. The van der Waals surface area contributed by atoms with Crippen LogP contribution in [0.15, 0.2) is 35.0 Å². The molecule has 22 heavy (non-hydrogen) atoms. The molecular formula is C18H25ClN2O. The summed E-state index contributed by atoms with van der Waals surface area (Å²) in [5.74, 6) is 0. The number of allylic oxidation sites excluding steroid dienone is 1. The number of rotatable bonds is 5. The van der Waals surface area contributed by atoms with Crippen molar-refractivity contribution in [1.29, 1.82) is 0 Å². The summed E-state index contributed by atoms with van der Waals surface area (Å²) < 4.78 is 0. The van der Waals surface area contributed by atoms with Crippen molar-refractivity contribution in [1.82, 2.24) is 4.90 Å². The van der Waals surface area contributed by atoms with Crippen molar-refractivity contribution < 1.29 is 4.84 Å². The predicted molar refractivity (Wildman–Crippen MR) is 94.2 cm³/mol. The average molecular weight is 321 g/mol. The van der Waals surface area contributed by atoms with Crippen LogP contribution in [0.25, 0.3) is 6.08 Å². The van der Waals surface area contributed by atoms with Crippen molar-refractivity contribution in [2.75, 3.05) is 14.1 Å². The van der Waals surface area contributed by atoms with Gasteiger partial charge in [0, 0.05) is 5.02 Å². The van der Waals surface area contributed by atoms with Gasteiger partial charge in [0.25, 0.3) is 0 Å². The normalized spacial score (nSPS) is 20.6. The monoisotopic (exact) mass is 320 g/mol. The second-order valence-corrected chi connectivity index (χ2v) is 6.28. The summed E-state index contributed by atoms with van der Waals surface area (Å²) in [5.41, 5.74) is 3.35. The summed E-state index contributed by atoms with van der Waals surface area (Å²) in [6, 6.07) is 7.92. The van der Waals surface area contributed by atoms with Gasteiger partial charge >= 0.3 is 0 Å². The lowest BCUT2D eigenvalue weighted by Gasteiger charge is -2.22. The minimum atomic E-state index is 0.0241. The third-order valence-corrected chi connectivity index (χ3v) is 4.27. The van der Waals surface area contributed by atoms with Gasteiger partial charge in [0.05, 0.1) is 5.71 Å². The van der Waals surface area contributed by atoms with Gasteiger partial charge in [0.15, 0.2) is 6.23 Å². The van der Waals surface area contributed by atoms with E-state index in [9.17, 15) is 0 Å². The quantitative estimate of drug-likeness (QED) is 0.565. The van der Waals surface area contributed by atoms with Gasteiger partial charge in [-0.25, -0.2) is 0 Å². The van der Waals surface area contributed by atoms with Crippen LogP contribution < -0.4 is 0 Å². The first kappa shape index (κ1) is 17.0. The number of halogens is 1. The van der Waals surface area contributed by atoms with Gasteiger partial charge in [0.2, 0.25) is 0 Å². The van der Waals surface area contributed by atoms with E-state index in [-0.39, 0.29) is 6.23 Å². The summed E-state index contributed by atoms with van der Waals surface area (Å²) in [6.07, 6.45) is 7.46. The molecule has 1 fully saturated rings. The molecule has 3 nitrogen and oxygen atoms in total. The zero-order valence-corrected chi connectivity index (χ0v) is 14.4. The molecule has 0 aromatic heterocycles. The largest absolute Gasteiger partial charge is 0.376 e. The first-order valence-corrected chi connectivity index (χ1v) is 8.34. The van der Waals surface area contributed by atoms with E-state index in [2.05, 4.69) is 18.2 Å². The molecule has 1 aromatic carbocycles. The van der Waals surface area contributed by atoms with Crippen LogP contribution in [0.3, 0.4) is 0 Å². The standard InChI is InChI=1S/C18H25ClN2O/c1-4-18(21(2)3)22-20-17-12-8-6-10-15(17)13-14-9-5-7-11-16(14)19/h5,7,9,11,13,18H,4,6,8,10,12H2,1-3H3/b15-13-,20-17-. The van der Waals surface area contributed by atoms with Crippen molar-refractivity contribution in [2.24, 2.45) is 5.16 Å². The maximum atomic E-state index is 6.26. The molecule has 120 valence electrons. The summed E-state index contributed by atoms with van der Waals surface area (Å²) in [5, 5.41) is 5.22. The van der Waals surface area contributed by atoms with Crippen LogP contribution in [0.5, 0.6) is 0 Å². The molecule has 1 unspecified atom stereocenters. The number of nitrogens with zero attached hydrogens (tertiary/aromatic N) is 2. The topological polar surface area (TPSA) is 24.8 Å². The molecule has 1 aromatic rings. The van der Waals surface area contributed by atoms with Gasteiger partial charge in [-0.2, -0.15) is 0 Å². The van der Waals surface area contributed by atoms with Gasteiger partial charge < -0.3 is 4.84 Å². The van der Waals surface area contributed by atoms with E-state index in [1.807, 2.05) is 43.3 Å². The summed E-state index contributed by atoms with van der Waals surface area (Å²) >= 11 is 6.26. The maximum Gasteiger partial charge on any atom is 0.180 e. The molecule has 0 bridgehead atoms. The molecule has 0 spiro atoms. The van der Waals surface area contributed by atoms with Crippen LogP contribution in [-0.2, 0) is 4.84 Å². The fourth-order valence-electron chi connectivity index (χ4n) is 2.61. The Bertz CT molecular complexity index is 552. The van der Waals surface area contributed by atoms with E-state index in [0.717, 1.165) is 35.6 Å². The van der Waals surface area contributed by atoms with Crippen LogP contribution in [0.1, 0.15) is 44.6 Å². The second kappa shape index (κ2) is 8.35. The van der Waals surface area contributed by atoms with Crippen LogP contribution in [-0.4, -0.2) is 30.9 Å². The first-order valence-electron chi connectivity index (χ1n) is 7.96. The molecule has 1 aliphatic rings. The molecular weight excluding hydrogens is 296 g/mol. The van der Waals surface area contributed by atoms with Gasteiger partial charge in [0.1, 0.15) is 0 Å². The van der Waals surface area contributed by atoms with E-state index in [4.69, 9.17) is 16.4 Å². The molecule has 1 saturated carbocycles. The Kier molecular flexibility index (Phi) is 6.47. The Morgan fingerprint density at radius 3 is 2.68 bits per heavy atom. The smallest absolute Gasteiger partial charge is 0.180 e. The second-order valence-electron chi connectivity index (χ2n) is 5.87. The molecule has 4 heteroatoms. The first-order chi connectivity index (χ1) is 10.6. The third-order valence-electron chi connectivity index (χ3n) is 3.93. The number of benzene rings is 1. The van der Waals surface area contributed by atoms with Crippen molar-refractivity contribution in [3.05, 3.63) is 40.4 Å². The van der Waals surface area contributed by atoms with Crippen LogP contribution >= 0.6 is 11.6 Å². The highest BCUT2D eigenvalue weighted by molar-refractivity contribution is 6.32. The van der Waals surface area contributed by atoms with E-state index < -0.39 is 0 Å². The Labute approximate surface area is 138 Å². The lowest BCUT2D eigenvalue weighted by atomic mass is 9.91. The van der Waals surface area contributed by atoms with Gasteiger partial charge in [-0.15, -0.1) is 0 Å². The maximum absolute atomic E-state index is 6.26. The number of hydrogen-bond acceptors (Lipinski definition) is 3. The minimum absolute atomic E-state index is 0.0241. The van der Waals surface area contributed by atoms with Gasteiger partial charge in [-0.3, -0.25) is 4.90 Å². The highest BCUT2D eigenvalue weighted by Crippen LogP contribution is 2.26. The third kappa shape index (κ3) is 4.59. The molecule has 0 N–H and O–H groups in total. The molecule has 1 atom stereocenters. The Morgan fingerprint density at radius 1 is 1.27 bits per heavy atom. The Morgan fingerprint density at radius 2 is 2.00 bits per heavy atom. The van der Waals surface area contributed by atoms with Crippen LogP contribution in [0.2, 0.25) is 5.02 Å². The summed E-state index contributed by atoms with van der Waals surface area (Å²) in [4.78, 5) is 7.78. The summed E-state index contributed by atoms with van der Waals surface area (Å²) in [6.45, 7) is 2.10. The average Bonchev–Trinajstić information content (AvgIpc) is 2.51. The van der Waals surface area contributed by atoms with E-state index in [1.54, 1.807) is 0 Å². The van der Waals surface area contributed by atoms with E-state index >= 15 is 0 Å².